The quantitative estimate of drug-likeness (QED) is 0.771. The number of alkyl halides is 1. The predicted octanol–water partition coefficient (Wildman–Crippen LogP) is 4.37. The van der Waals surface area contributed by atoms with E-state index in [0.717, 1.165) is 11.3 Å². The number of methoxy groups -OCH3 is 1. The lowest BCUT2D eigenvalue weighted by Crippen LogP contribution is -1.98. The minimum atomic E-state index is -0.562. The monoisotopic (exact) mass is 268 g/mol. The Morgan fingerprint density at radius 1 is 1.22 bits per heavy atom. The van der Waals surface area contributed by atoms with Gasteiger partial charge in [0.2, 0.25) is 0 Å². The van der Waals surface area contributed by atoms with Gasteiger partial charge in [0, 0.05) is 17.2 Å². The second-order valence-corrected chi connectivity index (χ2v) is 4.56. The van der Waals surface area contributed by atoms with Gasteiger partial charge in [0.25, 0.3) is 0 Å². The number of halogens is 2. The minimum absolute atomic E-state index is 0.382. The molecular formula is C14H14ClFO2. The van der Waals surface area contributed by atoms with Crippen LogP contribution in [-0.2, 0) is 0 Å². The first kappa shape index (κ1) is 13.0. The number of furan rings is 1. The first-order chi connectivity index (χ1) is 8.52. The molecular weight excluding hydrogens is 255 g/mol. The van der Waals surface area contributed by atoms with Gasteiger partial charge in [-0.05, 0) is 26.0 Å². The number of rotatable bonds is 3. The van der Waals surface area contributed by atoms with Crippen LogP contribution in [0.5, 0.6) is 5.75 Å². The molecule has 1 aromatic heterocycles. The van der Waals surface area contributed by atoms with Crippen LogP contribution in [0, 0.1) is 19.7 Å². The van der Waals surface area contributed by atoms with Crippen molar-refractivity contribution in [2.24, 2.45) is 0 Å². The summed E-state index contributed by atoms with van der Waals surface area (Å²) in [5.41, 5.74) is 1.21. The van der Waals surface area contributed by atoms with E-state index in [1.807, 2.05) is 19.9 Å². The summed E-state index contributed by atoms with van der Waals surface area (Å²) < 4.78 is 24.3. The van der Waals surface area contributed by atoms with Crippen LogP contribution in [0.2, 0.25) is 0 Å². The molecule has 96 valence electrons. The highest BCUT2D eigenvalue weighted by molar-refractivity contribution is 6.22. The van der Waals surface area contributed by atoms with Crippen molar-refractivity contribution < 1.29 is 13.5 Å². The third-order valence-corrected chi connectivity index (χ3v) is 3.30. The van der Waals surface area contributed by atoms with Crippen molar-refractivity contribution in [2.45, 2.75) is 19.2 Å². The highest BCUT2D eigenvalue weighted by Gasteiger charge is 2.20. The van der Waals surface area contributed by atoms with Gasteiger partial charge < -0.3 is 9.15 Å². The van der Waals surface area contributed by atoms with Crippen molar-refractivity contribution in [1.82, 2.24) is 0 Å². The molecule has 4 heteroatoms. The summed E-state index contributed by atoms with van der Waals surface area (Å²) in [4.78, 5) is 0. The first-order valence-electron chi connectivity index (χ1n) is 5.57. The molecule has 0 bridgehead atoms. The van der Waals surface area contributed by atoms with Crippen LogP contribution in [-0.4, -0.2) is 7.11 Å². The molecule has 18 heavy (non-hydrogen) atoms. The van der Waals surface area contributed by atoms with Crippen molar-refractivity contribution in [3.8, 4) is 5.75 Å². The number of ether oxygens (including phenoxy) is 1. The molecule has 0 saturated carbocycles. The Balaban J connectivity index is 2.39. The van der Waals surface area contributed by atoms with Crippen LogP contribution < -0.4 is 4.74 Å². The summed E-state index contributed by atoms with van der Waals surface area (Å²) in [7, 11) is 1.50. The molecule has 1 unspecified atom stereocenters. The van der Waals surface area contributed by atoms with Crippen molar-refractivity contribution in [3.63, 3.8) is 0 Å². The van der Waals surface area contributed by atoms with Crippen LogP contribution in [0.15, 0.2) is 28.7 Å². The highest BCUT2D eigenvalue weighted by Crippen LogP contribution is 2.35. The Morgan fingerprint density at radius 2 is 1.94 bits per heavy atom. The van der Waals surface area contributed by atoms with Crippen molar-refractivity contribution >= 4 is 11.6 Å². The largest absolute Gasteiger partial charge is 0.497 e. The average molecular weight is 269 g/mol. The number of benzene rings is 1. The zero-order chi connectivity index (χ0) is 13.3. The Hall–Kier alpha value is -1.48. The van der Waals surface area contributed by atoms with Gasteiger partial charge in [0.05, 0.1) is 12.5 Å². The molecule has 0 aliphatic rings. The first-order valence-corrected chi connectivity index (χ1v) is 6.01. The van der Waals surface area contributed by atoms with E-state index in [-0.39, 0.29) is 5.82 Å². The molecule has 2 aromatic rings. The fourth-order valence-electron chi connectivity index (χ4n) is 1.91. The SMILES string of the molecule is COc1ccc(C(Cl)c2cc(C)oc2C)c(F)c1. The molecule has 0 N–H and O–H groups in total. The maximum Gasteiger partial charge on any atom is 0.131 e. The third kappa shape index (κ3) is 2.36. The minimum Gasteiger partial charge on any atom is -0.497 e. The summed E-state index contributed by atoms with van der Waals surface area (Å²) in [6, 6.07) is 6.48. The van der Waals surface area contributed by atoms with Gasteiger partial charge in [0.15, 0.2) is 0 Å². The Labute approximate surface area is 110 Å². The number of hydrogen-bond acceptors (Lipinski definition) is 2. The van der Waals surface area contributed by atoms with E-state index in [2.05, 4.69) is 0 Å². The maximum absolute atomic E-state index is 13.9. The van der Waals surface area contributed by atoms with E-state index < -0.39 is 5.38 Å². The highest BCUT2D eigenvalue weighted by atomic mass is 35.5. The maximum atomic E-state index is 13.9. The molecule has 1 aromatic carbocycles. The molecule has 0 aliphatic heterocycles. The second kappa shape index (κ2) is 5.02. The van der Waals surface area contributed by atoms with Crippen LogP contribution in [0.3, 0.4) is 0 Å². The number of aryl methyl sites for hydroxylation is 2. The second-order valence-electron chi connectivity index (χ2n) is 4.12. The molecule has 0 amide bonds. The van der Waals surface area contributed by atoms with Gasteiger partial charge in [-0.15, -0.1) is 11.6 Å². The van der Waals surface area contributed by atoms with Crippen molar-refractivity contribution in [3.05, 3.63) is 52.7 Å². The van der Waals surface area contributed by atoms with E-state index in [0.29, 0.717) is 17.1 Å². The normalized spacial score (nSPS) is 12.5. The fourth-order valence-corrected chi connectivity index (χ4v) is 2.30. The molecule has 2 rings (SSSR count). The van der Waals surface area contributed by atoms with E-state index in [1.54, 1.807) is 12.1 Å². The molecule has 1 atom stereocenters. The van der Waals surface area contributed by atoms with Crippen LogP contribution in [0.25, 0.3) is 0 Å². The lowest BCUT2D eigenvalue weighted by atomic mass is 10.0. The van der Waals surface area contributed by atoms with E-state index in [1.165, 1.54) is 13.2 Å². The Kier molecular flexibility index (Phi) is 3.62. The lowest BCUT2D eigenvalue weighted by Gasteiger charge is -2.11. The summed E-state index contributed by atoms with van der Waals surface area (Å²) in [6.07, 6.45) is 0. The van der Waals surface area contributed by atoms with Crippen LogP contribution in [0.1, 0.15) is 28.0 Å². The van der Waals surface area contributed by atoms with Gasteiger partial charge in [-0.1, -0.05) is 6.07 Å². The summed E-state index contributed by atoms with van der Waals surface area (Å²) in [5, 5.41) is -0.562. The molecule has 0 spiro atoms. The molecule has 2 nitrogen and oxygen atoms in total. The van der Waals surface area contributed by atoms with Gasteiger partial charge in [0.1, 0.15) is 23.1 Å². The Morgan fingerprint density at radius 3 is 2.44 bits per heavy atom. The molecule has 1 heterocycles. The average Bonchev–Trinajstić information content (AvgIpc) is 2.67. The topological polar surface area (TPSA) is 22.4 Å². The van der Waals surface area contributed by atoms with Crippen LogP contribution >= 0.6 is 11.6 Å². The molecule has 0 saturated heterocycles. The third-order valence-electron chi connectivity index (χ3n) is 2.83. The summed E-state index contributed by atoms with van der Waals surface area (Å²) >= 11 is 6.31. The van der Waals surface area contributed by atoms with Gasteiger partial charge in [-0.2, -0.15) is 0 Å². The Bertz CT molecular complexity index is 563. The predicted molar refractivity (Wildman–Crippen MR) is 68.8 cm³/mol. The lowest BCUT2D eigenvalue weighted by molar-refractivity contribution is 0.410. The molecule has 0 fully saturated rings. The van der Waals surface area contributed by atoms with Crippen LogP contribution in [0.4, 0.5) is 4.39 Å². The number of hydrogen-bond donors (Lipinski definition) is 0. The van der Waals surface area contributed by atoms with Gasteiger partial charge >= 0.3 is 0 Å². The summed E-state index contributed by atoms with van der Waals surface area (Å²) in [5.74, 6) is 1.57. The zero-order valence-corrected chi connectivity index (χ0v) is 11.2. The smallest absolute Gasteiger partial charge is 0.131 e. The van der Waals surface area contributed by atoms with Gasteiger partial charge in [-0.25, -0.2) is 4.39 Å². The zero-order valence-electron chi connectivity index (χ0n) is 10.5. The standard InChI is InChI=1S/C14H14ClFO2/c1-8-6-12(9(2)18-8)14(15)11-5-4-10(17-3)7-13(11)16/h4-7,14H,1-3H3. The van der Waals surface area contributed by atoms with E-state index in [9.17, 15) is 4.39 Å². The van der Waals surface area contributed by atoms with E-state index in [4.69, 9.17) is 20.8 Å². The fraction of sp³-hybridized carbons (Fsp3) is 0.286. The molecule has 0 radical (unpaired) electrons. The van der Waals surface area contributed by atoms with Gasteiger partial charge in [-0.3, -0.25) is 0 Å². The van der Waals surface area contributed by atoms with Crippen molar-refractivity contribution in [1.29, 1.82) is 0 Å². The van der Waals surface area contributed by atoms with Crippen molar-refractivity contribution in [2.75, 3.05) is 7.11 Å². The summed E-state index contributed by atoms with van der Waals surface area (Å²) in [6.45, 7) is 3.66. The van der Waals surface area contributed by atoms with E-state index >= 15 is 0 Å². The molecule has 0 aliphatic carbocycles.